The molecule has 0 unspecified atom stereocenters. The summed E-state index contributed by atoms with van der Waals surface area (Å²) in [6, 6.07) is 0. The normalized spacial score (nSPS) is 41.5. The Morgan fingerprint density at radius 3 is 2.80 bits per heavy atom. The molecule has 0 spiro atoms. The molecule has 2 rings (SSSR count). The summed E-state index contributed by atoms with van der Waals surface area (Å²) in [6.07, 6.45) is 14.0. The number of hydrogen-bond acceptors (Lipinski definition) is 2. The van der Waals surface area contributed by atoms with Crippen molar-refractivity contribution in [3.63, 3.8) is 0 Å². The maximum Gasteiger partial charge on any atom is 0.118 e. The van der Waals surface area contributed by atoms with Crippen molar-refractivity contribution in [3.8, 4) is 12.5 Å². The molecule has 2 bridgehead atoms. The molecule has 0 saturated heterocycles. The van der Waals surface area contributed by atoms with Crippen molar-refractivity contribution in [3.05, 3.63) is 0 Å². The second kappa shape index (κ2) is 3.63. The Morgan fingerprint density at radius 1 is 1.53 bits per heavy atom. The lowest BCUT2D eigenvalue weighted by molar-refractivity contribution is 0.0160. The molecule has 2 aliphatic rings. The van der Waals surface area contributed by atoms with Crippen molar-refractivity contribution in [2.24, 2.45) is 16.7 Å². The highest BCUT2D eigenvalue weighted by molar-refractivity contribution is 7.98. The van der Waals surface area contributed by atoms with Crippen LogP contribution in [0.1, 0.15) is 33.1 Å². The van der Waals surface area contributed by atoms with Crippen LogP contribution in [0.15, 0.2) is 0 Å². The van der Waals surface area contributed by atoms with Crippen molar-refractivity contribution in [2.75, 3.05) is 12.0 Å². The lowest BCUT2D eigenvalue weighted by Crippen LogP contribution is -2.41. The summed E-state index contributed by atoms with van der Waals surface area (Å²) >= 11 is 1.93. The number of rotatable bonds is 3. The second-order valence-corrected chi connectivity index (χ2v) is 6.37. The van der Waals surface area contributed by atoms with Gasteiger partial charge in [0.05, 0.1) is 0 Å². The minimum Gasteiger partial charge on any atom is -0.443 e. The summed E-state index contributed by atoms with van der Waals surface area (Å²) in [4.78, 5) is 0. The average Bonchev–Trinajstić information content (AvgIpc) is 2.53. The Morgan fingerprint density at radius 2 is 2.27 bits per heavy atom. The van der Waals surface area contributed by atoms with Gasteiger partial charge in [0.1, 0.15) is 12.2 Å². The van der Waals surface area contributed by atoms with Crippen molar-refractivity contribution >= 4 is 11.8 Å². The Bertz CT molecular complexity index is 291. The van der Waals surface area contributed by atoms with Crippen LogP contribution in [0.3, 0.4) is 0 Å². The van der Waals surface area contributed by atoms with Crippen LogP contribution in [0, 0.1) is 29.3 Å². The molecule has 1 nitrogen and oxygen atoms in total. The molecule has 2 saturated carbocycles. The molecule has 15 heavy (non-hydrogen) atoms. The monoisotopic (exact) mass is 224 g/mol. The minimum absolute atomic E-state index is 0.295. The molecule has 0 radical (unpaired) electrons. The molecule has 0 heterocycles. The van der Waals surface area contributed by atoms with Crippen LogP contribution < -0.4 is 0 Å². The second-order valence-electron chi connectivity index (χ2n) is 5.51. The highest BCUT2D eigenvalue weighted by Crippen LogP contribution is 2.67. The Balaban J connectivity index is 2.30. The van der Waals surface area contributed by atoms with Crippen LogP contribution in [0.4, 0.5) is 0 Å². The summed E-state index contributed by atoms with van der Waals surface area (Å²) in [7, 11) is 0. The Labute approximate surface area is 97.3 Å². The predicted octanol–water partition coefficient (Wildman–Crippen LogP) is 3.15. The summed E-state index contributed by atoms with van der Waals surface area (Å²) in [6.45, 7) is 4.81. The van der Waals surface area contributed by atoms with Gasteiger partial charge in [-0.05, 0) is 36.9 Å². The van der Waals surface area contributed by atoms with E-state index in [2.05, 4.69) is 26.2 Å². The van der Waals surface area contributed by atoms with E-state index < -0.39 is 0 Å². The lowest BCUT2D eigenvalue weighted by atomic mass is 9.69. The van der Waals surface area contributed by atoms with Gasteiger partial charge in [-0.25, -0.2) is 0 Å². The largest absolute Gasteiger partial charge is 0.443 e. The highest BCUT2D eigenvalue weighted by atomic mass is 32.2. The van der Waals surface area contributed by atoms with Gasteiger partial charge in [-0.3, -0.25) is 0 Å². The van der Waals surface area contributed by atoms with E-state index in [1.807, 2.05) is 11.8 Å². The number of hydrogen-bond donors (Lipinski definition) is 0. The van der Waals surface area contributed by atoms with E-state index in [1.165, 1.54) is 18.6 Å². The minimum atomic E-state index is 0.295. The smallest absolute Gasteiger partial charge is 0.118 e. The van der Waals surface area contributed by atoms with Gasteiger partial charge in [-0.1, -0.05) is 20.3 Å². The number of ether oxygens (including phenoxy) is 1. The molecule has 2 heteroatoms. The average molecular weight is 224 g/mol. The third kappa shape index (κ3) is 1.32. The first-order valence-electron chi connectivity index (χ1n) is 5.68. The zero-order valence-electron chi connectivity index (χ0n) is 9.88. The molecular formula is C13H20OS. The number of fused-ring (bicyclic) bond motifs is 2. The van der Waals surface area contributed by atoms with Crippen molar-refractivity contribution in [2.45, 2.75) is 39.2 Å². The summed E-state index contributed by atoms with van der Waals surface area (Å²) < 4.78 is 5.54. The van der Waals surface area contributed by atoms with Crippen LogP contribution in [-0.2, 0) is 4.74 Å². The lowest BCUT2D eigenvalue weighted by Gasteiger charge is -2.40. The number of thioether (sulfide) groups is 1. The molecule has 84 valence electrons. The maximum absolute atomic E-state index is 5.54. The topological polar surface area (TPSA) is 9.23 Å². The zero-order valence-corrected chi connectivity index (χ0v) is 10.7. The van der Waals surface area contributed by atoms with E-state index in [0.717, 1.165) is 12.3 Å². The fraction of sp³-hybridized carbons (Fsp3) is 0.846. The van der Waals surface area contributed by atoms with Crippen molar-refractivity contribution in [1.82, 2.24) is 0 Å². The number of terminal acetylenes is 1. The molecule has 0 aromatic rings. The zero-order chi connectivity index (χ0) is 11.1. The SMILES string of the molecule is C#CO[C@@H]1C[C@@H]2CC[C@@]1(CSC)C2(C)C. The van der Waals surface area contributed by atoms with E-state index in [-0.39, 0.29) is 0 Å². The van der Waals surface area contributed by atoms with Gasteiger partial charge in [0.25, 0.3) is 0 Å². The molecule has 0 aromatic heterocycles. The first kappa shape index (κ1) is 11.2. The van der Waals surface area contributed by atoms with Crippen LogP contribution in [0.5, 0.6) is 0 Å². The van der Waals surface area contributed by atoms with Crippen molar-refractivity contribution < 1.29 is 4.74 Å². The Kier molecular flexibility index (Phi) is 2.71. The Hall–Kier alpha value is -0.290. The van der Waals surface area contributed by atoms with E-state index in [4.69, 9.17) is 11.2 Å². The predicted molar refractivity (Wildman–Crippen MR) is 65.6 cm³/mol. The van der Waals surface area contributed by atoms with Gasteiger partial charge in [-0.15, -0.1) is 0 Å². The molecule has 0 amide bonds. The summed E-state index contributed by atoms with van der Waals surface area (Å²) in [5.41, 5.74) is 0.723. The van der Waals surface area contributed by atoms with E-state index >= 15 is 0 Å². The summed E-state index contributed by atoms with van der Waals surface area (Å²) in [5, 5.41) is 0. The van der Waals surface area contributed by atoms with E-state index in [1.54, 1.807) is 0 Å². The molecule has 0 aliphatic heterocycles. The molecule has 0 N–H and O–H groups in total. The molecular weight excluding hydrogens is 204 g/mol. The van der Waals surface area contributed by atoms with Gasteiger partial charge >= 0.3 is 0 Å². The first-order valence-corrected chi connectivity index (χ1v) is 7.08. The van der Waals surface area contributed by atoms with Gasteiger partial charge in [0.2, 0.25) is 0 Å². The maximum atomic E-state index is 5.54. The van der Waals surface area contributed by atoms with Gasteiger partial charge in [-0.2, -0.15) is 11.8 Å². The van der Waals surface area contributed by atoms with E-state index in [0.29, 0.717) is 16.9 Å². The van der Waals surface area contributed by atoms with Gasteiger partial charge in [0, 0.05) is 11.2 Å². The third-order valence-corrected chi connectivity index (χ3v) is 5.77. The van der Waals surface area contributed by atoms with E-state index in [9.17, 15) is 0 Å². The molecule has 2 aliphatic carbocycles. The quantitative estimate of drug-likeness (QED) is 0.681. The molecule has 0 aromatic carbocycles. The van der Waals surface area contributed by atoms with Gasteiger partial charge < -0.3 is 4.74 Å². The highest BCUT2D eigenvalue weighted by Gasteiger charge is 2.64. The van der Waals surface area contributed by atoms with Crippen LogP contribution in [-0.4, -0.2) is 18.1 Å². The third-order valence-electron chi connectivity index (χ3n) is 4.97. The van der Waals surface area contributed by atoms with Crippen LogP contribution in [0.25, 0.3) is 0 Å². The standard InChI is InChI=1S/C13H20OS/c1-5-14-11-8-10-6-7-13(11,9-15-4)12(10,2)3/h1,10-11H,6-9H2,2-4H3/t10-,11+,13-/m0/s1. The fourth-order valence-corrected chi connectivity index (χ4v) is 5.06. The van der Waals surface area contributed by atoms with Crippen molar-refractivity contribution in [1.29, 1.82) is 0 Å². The fourth-order valence-electron chi connectivity index (χ4n) is 3.85. The van der Waals surface area contributed by atoms with Crippen LogP contribution in [0.2, 0.25) is 0 Å². The molecule has 2 fully saturated rings. The molecule has 3 atom stereocenters. The van der Waals surface area contributed by atoms with Crippen LogP contribution >= 0.6 is 11.8 Å². The summed E-state index contributed by atoms with van der Waals surface area (Å²) in [5.74, 6) is 1.99. The van der Waals surface area contributed by atoms with Gasteiger partial charge in [0.15, 0.2) is 0 Å². The first-order chi connectivity index (χ1) is 7.08.